The molecule has 7 nitrogen and oxygen atoms in total. The zero-order valence-electron chi connectivity index (χ0n) is 19.0. The largest absolute Gasteiger partial charge is 0.345 e. The fourth-order valence-corrected chi connectivity index (χ4v) is 4.82. The Labute approximate surface area is 204 Å². The van der Waals surface area contributed by atoms with Gasteiger partial charge < -0.3 is 10.6 Å². The average Bonchev–Trinajstić information content (AvgIpc) is 2.80. The molecular weight excluding hydrogens is 474 g/mol. The fraction of sp³-hybridized carbons (Fsp3) is 0.200. The summed E-state index contributed by atoms with van der Waals surface area (Å²) in [4.78, 5) is 26.1. The Bertz CT molecular complexity index is 1260. The van der Waals surface area contributed by atoms with Crippen molar-refractivity contribution in [3.05, 3.63) is 95.0 Å². The minimum Gasteiger partial charge on any atom is -0.345 e. The fourth-order valence-electron chi connectivity index (χ4n) is 3.52. The first-order valence-electron chi connectivity index (χ1n) is 10.6. The third-order valence-electron chi connectivity index (χ3n) is 5.25. The lowest BCUT2D eigenvalue weighted by Crippen LogP contribution is -2.45. The van der Waals surface area contributed by atoms with E-state index in [1.807, 2.05) is 37.3 Å². The summed E-state index contributed by atoms with van der Waals surface area (Å²) in [5.41, 5.74) is 1.79. The monoisotopic (exact) mass is 499 g/mol. The molecule has 0 fully saturated rings. The van der Waals surface area contributed by atoms with E-state index in [0.717, 1.165) is 16.1 Å². The molecule has 2 atom stereocenters. The van der Waals surface area contributed by atoms with Crippen LogP contribution in [0.5, 0.6) is 0 Å². The first kappa shape index (κ1) is 25.3. The van der Waals surface area contributed by atoms with Gasteiger partial charge in [-0.05, 0) is 55.8 Å². The number of sulfonamides is 1. The van der Waals surface area contributed by atoms with E-state index in [0.29, 0.717) is 10.7 Å². The van der Waals surface area contributed by atoms with E-state index in [4.69, 9.17) is 11.6 Å². The molecule has 0 bridgehead atoms. The number of benzene rings is 3. The van der Waals surface area contributed by atoms with E-state index >= 15 is 0 Å². The molecule has 0 heterocycles. The number of nitrogens with one attached hydrogen (secondary N) is 2. The number of amides is 2. The molecule has 0 saturated heterocycles. The molecule has 3 aromatic rings. The molecule has 0 aliphatic heterocycles. The molecule has 0 spiro atoms. The minimum atomic E-state index is -3.79. The zero-order valence-corrected chi connectivity index (χ0v) is 20.6. The number of hydrogen-bond acceptors (Lipinski definition) is 4. The number of carbonyl (C=O) groups is 2. The van der Waals surface area contributed by atoms with Gasteiger partial charge in [-0.25, -0.2) is 8.42 Å². The third-order valence-corrected chi connectivity index (χ3v) is 6.74. The Hall–Kier alpha value is -3.36. The van der Waals surface area contributed by atoms with Crippen LogP contribution in [-0.4, -0.2) is 32.5 Å². The number of halogens is 1. The molecular formula is C25H26ClN3O4S. The Morgan fingerprint density at radius 2 is 1.47 bits per heavy atom. The quantitative estimate of drug-likeness (QED) is 0.472. The number of anilines is 2. The van der Waals surface area contributed by atoms with Crippen LogP contribution < -0.4 is 14.9 Å². The number of para-hydroxylation sites is 1. The highest BCUT2D eigenvalue weighted by Crippen LogP contribution is 2.24. The summed E-state index contributed by atoms with van der Waals surface area (Å²) in [7, 11) is -3.79. The van der Waals surface area contributed by atoms with Gasteiger partial charge in [0.05, 0.1) is 29.2 Å². The lowest BCUT2D eigenvalue weighted by molar-refractivity contribution is -0.116. The lowest BCUT2D eigenvalue weighted by Gasteiger charge is -2.28. The average molecular weight is 500 g/mol. The molecule has 3 aromatic carbocycles. The second-order valence-corrected chi connectivity index (χ2v) is 10.1. The molecule has 0 unspecified atom stereocenters. The summed E-state index contributed by atoms with van der Waals surface area (Å²) in [6.07, 6.45) is 1.03. The number of carbonyl (C=O) groups excluding carboxylic acids is 2. The minimum absolute atomic E-state index is 0.248. The summed E-state index contributed by atoms with van der Waals surface area (Å²) in [5.74, 6) is -0.950. The van der Waals surface area contributed by atoms with Gasteiger partial charge in [0.2, 0.25) is 15.9 Å². The highest BCUT2D eigenvalue weighted by Gasteiger charge is 2.30. The second-order valence-electron chi connectivity index (χ2n) is 7.85. The van der Waals surface area contributed by atoms with Gasteiger partial charge in [-0.1, -0.05) is 54.1 Å². The SMILES string of the molecule is C[C@@H](NC(=O)c1ccccc1NC(=O)[C@H](C)N(c1ccc(Cl)cc1)S(C)(=O)=O)c1ccccc1. The highest BCUT2D eigenvalue weighted by molar-refractivity contribution is 7.92. The van der Waals surface area contributed by atoms with Crippen LogP contribution in [0.4, 0.5) is 11.4 Å². The molecule has 34 heavy (non-hydrogen) atoms. The smallest absolute Gasteiger partial charge is 0.253 e. The predicted molar refractivity (Wildman–Crippen MR) is 136 cm³/mol. The topological polar surface area (TPSA) is 95.6 Å². The van der Waals surface area contributed by atoms with Crippen molar-refractivity contribution >= 4 is 44.8 Å². The van der Waals surface area contributed by atoms with Crippen LogP contribution in [0.25, 0.3) is 0 Å². The van der Waals surface area contributed by atoms with Crippen molar-refractivity contribution in [2.24, 2.45) is 0 Å². The van der Waals surface area contributed by atoms with E-state index in [1.165, 1.54) is 19.1 Å². The molecule has 0 aliphatic carbocycles. The predicted octanol–water partition coefficient (Wildman–Crippen LogP) is 4.62. The van der Waals surface area contributed by atoms with Crippen LogP contribution in [0.3, 0.4) is 0 Å². The van der Waals surface area contributed by atoms with Crippen LogP contribution in [0.2, 0.25) is 5.02 Å². The van der Waals surface area contributed by atoms with Crippen molar-refractivity contribution in [1.82, 2.24) is 5.32 Å². The van der Waals surface area contributed by atoms with Gasteiger partial charge in [-0.2, -0.15) is 0 Å². The van der Waals surface area contributed by atoms with Crippen LogP contribution in [0.1, 0.15) is 35.8 Å². The van der Waals surface area contributed by atoms with E-state index in [-0.39, 0.29) is 23.2 Å². The number of rotatable bonds is 8. The van der Waals surface area contributed by atoms with E-state index in [9.17, 15) is 18.0 Å². The lowest BCUT2D eigenvalue weighted by atomic mass is 10.1. The standard InChI is InChI=1S/C25H26ClN3O4S/c1-17(19-9-5-4-6-10-19)27-25(31)22-11-7-8-12-23(22)28-24(30)18(2)29(34(3,32)33)21-15-13-20(26)14-16-21/h4-18H,1-3H3,(H,27,31)(H,28,30)/t17-,18+/m1/s1. The van der Waals surface area contributed by atoms with Gasteiger partial charge in [0.1, 0.15) is 6.04 Å². The van der Waals surface area contributed by atoms with Crippen molar-refractivity contribution < 1.29 is 18.0 Å². The number of nitrogens with zero attached hydrogens (tertiary/aromatic N) is 1. The van der Waals surface area contributed by atoms with Crippen molar-refractivity contribution in [2.45, 2.75) is 25.9 Å². The van der Waals surface area contributed by atoms with Gasteiger partial charge in [-0.15, -0.1) is 0 Å². The third kappa shape index (κ3) is 6.15. The van der Waals surface area contributed by atoms with Crippen LogP contribution in [0.15, 0.2) is 78.9 Å². The maximum Gasteiger partial charge on any atom is 0.253 e. The molecule has 0 saturated carbocycles. The maximum absolute atomic E-state index is 13.1. The van der Waals surface area contributed by atoms with Crippen molar-refractivity contribution in [3.8, 4) is 0 Å². The number of hydrogen-bond donors (Lipinski definition) is 2. The zero-order chi connectivity index (χ0) is 24.9. The Morgan fingerprint density at radius 1 is 0.882 bits per heavy atom. The molecule has 2 amide bonds. The molecule has 2 N–H and O–H groups in total. The summed E-state index contributed by atoms with van der Waals surface area (Å²) < 4.78 is 26.0. The maximum atomic E-state index is 13.1. The van der Waals surface area contributed by atoms with Gasteiger partial charge in [0, 0.05) is 5.02 Å². The van der Waals surface area contributed by atoms with E-state index in [1.54, 1.807) is 36.4 Å². The first-order chi connectivity index (χ1) is 16.1. The molecule has 0 aliphatic rings. The second kappa shape index (κ2) is 10.7. The first-order valence-corrected chi connectivity index (χ1v) is 12.8. The Kier molecular flexibility index (Phi) is 7.96. The van der Waals surface area contributed by atoms with Gasteiger partial charge in [0.15, 0.2) is 0 Å². The van der Waals surface area contributed by atoms with Crippen molar-refractivity contribution in [2.75, 3.05) is 15.9 Å². The summed E-state index contributed by atoms with van der Waals surface area (Å²) in [5, 5.41) is 6.07. The summed E-state index contributed by atoms with van der Waals surface area (Å²) in [6.45, 7) is 3.34. The normalized spacial score (nSPS) is 12.9. The van der Waals surface area contributed by atoms with Gasteiger partial charge in [0.25, 0.3) is 5.91 Å². The molecule has 3 rings (SSSR count). The summed E-state index contributed by atoms with van der Waals surface area (Å²) in [6, 6.07) is 20.9. The Balaban J connectivity index is 1.81. The van der Waals surface area contributed by atoms with E-state index in [2.05, 4.69) is 10.6 Å². The molecule has 178 valence electrons. The molecule has 9 heteroatoms. The summed E-state index contributed by atoms with van der Waals surface area (Å²) >= 11 is 5.92. The Morgan fingerprint density at radius 3 is 2.09 bits per heavy atom. The van der Waals surface area contributed by atoms with Crippen LogP contribution in [0, 0.1) is 0 Å². The van der Waals surface area contributed by atoms with Gasteiger partial charge in [-0.3, -0.25) is 13.9 Å². The van der Waals surface area contributed by atoms with Crippen LogP contribution >= 0.6 is 11.6 Å². The molecule has 0 aromatic heterocycles. The highest BCUT2D eigenvalue weighted by atomic mass is 35.5. The van der Waals surface area contributed by atoms with Gasteiger partial charge >= 0.3 is 0 Å². The van der Waals surface area contributed by atoms with Crippen molar-refractivity contribution in [3.63, 3.8) is 0 Å². The molecule has 0 radical (unpaired) electrons. The van der Waals surface area contributed by atoms with Crippen LogP contribution in [-0.2, 0) is 14.8 Å². The van der Waals surface area contributed by atoms with Crippen molar-refractivity contribution in [1.29, 1.82) is 0 Å². The van der Waals surface area contributed by atoms with E-state index < -0.39 is 22.0 Å².